The summed E-state index contributed by atoms with van der Waals surface area (Å²) in [5, 5.41) is 10.4. The quantitative estimate of drug-likeness (QED) is 0.840. The van der Waals surface area contributed by atoms with Crippen LogP contribution in [0.4, 0.5) is 0 Å². The van der Waals surface area contributed by atoms with E-state index >= 15 is 0 Å². The first-order chi connectivity index (χ1) is 9.22. The van der Waals surface area contributed by atoms with Crippen molar-refractivity contribution in [2.24, 2.45) is 0 Å². The molecule has 0 aliphatic carbocycles. The van der Waals surface area contributed by atoms with Gasteiger partial charge in [0.2, 0.25) is 5.91 Å². The third-order valence-electron chi connectivity index (χ3n) is 3.96. The van der Waals surface area contributed by atoms with E-state index in [4.69, 9.17) is 0 Å². The van der Waals surface area contributed by atoms with Crippen molar-refractivity contribution in [1.29, 1.82) is 0 Å². The van der Waals surface area contributed by atoms with Crippen molar-refractivity contribution >= 4 is 17.2 Å². The lowest BCUT2D eigenvalue weighted by molar-refractivity contribution is -0.130. The predicted molar refractivity (Wildman–Crippen MR) is 73.9 cm³/mol. The van der Waals surface area contributed by atoms with Crippen LogP contribution in [0.25, 0.3) is 0 Å². The summed E-state index contributed by atoms with van der Waals surface area (Å²) >= 11 is 1.67. The number of hydrogen-bond acceptors (Lipinski definition) is 5. The third-order valence-corrected chi connectivity index (χ3v) is 4.78. The molecule has 0 aromatic carbocycles. The standard InChI is InChI=1S/C13H20N4OS/c1-10-14-15-12(19-10)9-16-6-2-4-11(8-16)17-7-3-5-13(17)18/h11H,2-9H2,1H3/t11-/m0/s1. The van der Waals surface area contributed by atoms with Gasteiger partial charge in [-0.3, -0.25) is 9.69 Å². The van der Waals surface area contributed by atoms with Crippen LogP contribution in [-0.2, 0) is 11.3 Å². The predicted octanol–water partition coefficient (Wildman–Crippen LogP) is 1.43. The fourth-order valence-electron chi connectivity index (χ4n) is 3.08. The highest BCUT2D eigenvalue weighted by Gasteiger charge is 2.31. The molecule has 3 rings (SSSR count). The molecule has 1 aromatic heterocycles. The molecule has 2 aliphatic rings. The molecule has 2 saturated heterocycles. The molecule has 0 N–H and O–H groups in total. The SMILES string of the molecule is Cc1nnc(CN2CCC[C@H](N3CCCC3=O)C2)s1. The van der Waals surface area contributed by atoms with Crippen LogP contribution in [0, 0.1) is 6.92 Å². The minimum atomic E-state index is 0.346. The summed E-state index contributed by atoms with van der Waals surface area (Å²) in [6.45, 7) is 5.92. The molecule has 2 fully saturated rings. The summed E-state index contributed by atoms with van der Waals surface area (Å²) in [6.07, 6.45) is 4.10. The molecule has 5 nitrogen and oxygen atoms in total. The molecular formula is C13H20N4OS. The number of nitrogens with zero attached hydrogens (tertiary/aromatic N) is 4. The maximum atomic E-state index is 11.8. The highest BCUT2D eigenvalue weighted by molar-refractivity contribution is 7.11. The highest BCUT2D eigenvalue weighted by atomic mass is 32.1. The first kappa shape index (κ1) is 13.0. The van der Waals surface area contributed by atoms with Gasteiger partial charge in [-0.25, -0.2) is 0 Å². The minimum Gasteiger partial charge on any atom is -0.338 e. The van der Waals surface area contributed by atoms with Gasteiger partial charge < -0.3 is 4.90 Å². The molecule has 0 unspecified atom stereocenters. The average Bonchev–Trinajstić information content (AvgIpc) is 2.99. The van der Waals surface area contributed by atoms with Gasteiger partial charge in [0, 0.05) is 25.6 Å². The van der Waals surface area contributed by atoms with E-state index in [0.29, 0.717) is 11.9 Å². The average molecular weight is 280 g/mol. The van der Waals surface area contributed by atoms with E-state index in [0.717, 1.165) is 55.5 Å². The summed E-state index contributed by atoms with van der Waals surface area (Å²) in [5.41, 5.74) is 0. The molecule has 2 aliphatic heterocycles. The van der Waals surface area contributed by atoms with E-state index in [9.17, 15) is 4.79 Å². The number of aryl methyl sites for hydroxylation is 1. The Bertz CT molecular complexity index is 461. The van der Waals surface area contributed by atoms with Crippen LogP contribution in [0.1, 0.15) is 35.7 Å². The summed E-state index contributed by atoms with van der Waals surface area (Å²) in [4.78, 5) is 16.3. The Kier molecular flexibility index (Phi) is 3.79. The van der Waals surface area contributed by atoms with E-state index in [1.54, 1.807) is 11.3 Å². The molecule has 104 valence electrons. The molecule has 0 spiro atoms. The Morgan fingerprint density at radius 1 is 1.32 bits per heavy atom. The molecule has 1 amide bonds. The zero-order valence-corrected chi connectivity index (χ0v) is 12.2. The molecule has 19 heavy (non-hydrogen) atoms. The monoisotopic (exact) mass is 280 g/mol. The molecule has 1 atom stereocenters. The molecule has 6 heteroatoms. The van der Waals surface area contributed by atoms with Gasteiger partial charge in [0.15, 0.2) is 0 Å². The maximum absolute atomic E-state index is 11.8. The van der Waals surface area contributed by atoms with Crippen LogP contribution in [0.15, 0.2) is 0 Å². The zero-order chi connectivity index (χ0) is 13.2. The lowest BCUT2D eigenvalue weighted by Crippen LogP contribution is -2.48. The fourth-order valence-corrected chi connectivity index (χ4v) is 3.83. The second-order valence-corrected chi connectivity index (χ2v) is 6.70. The van der Waals surface area contributed by atoms with E-state index in [1.807, 2.05) is 6.92 Å². The highest BCUT2D eigenvalue weighted by Crippen LogP contribution is 2.23. The van der Waals surface area contributed by atoms with Crippen LogP contribution in [0.5, 0.6) is 0 Å². The zero-order valence-electron chi connectivity index (χ0n) is 11.3. The van der Waals surface area contributed by atoms with E-state index in [1.165, 1.54) is 6.42 Å². The van der Waals surface area contributed by atoms with Crippen LogP contribution >= 0.6 is 11.3 Å². The largest absolute Gasteiger partial charge is 0.338 e. The summed E-state index contributed by atoms with van der Waals surface area (Å²) in [6, 6.07) is 0.415. The second-order valence-electron chi connectivity index (χ2n) is 5.44. The normalized spacial score (nSPS) is 25.2. The summed E-state index contributed by atoms with van der Waals surface area (Å²) in [5.74, 6) is 0.346. The second kappa shape index (κ2) is 5.54. The molecule has 1 aromatic rings. The van der Waals surface area contributed by atoms with Crippen molar-refractivity contribution in [2.45, 2.75) is 45.2 Å². The van der Waals surface area contributed by atoms with Crippen molar-refractivity contribution in [1.82, 2.24) is 20.0 Å². The van der Waals surface area contributed by atoms with Gasteiger partial charge in [-0.1, -0.05) is 0 Å². The molecule has 0 saturated carbocycles. The maximum Gasteiger partial charge on any atom is 0.222 e. The summed E-state index contributed by atoms with van der Waals surface area (Å²) < 4.78 is 0. The number of likely N-dealkylation sites (tertiary alicyclic amines) is 2. The van der Waals surface area contributed by atoms with Crippen molar-refractivity contribution in [3.8, 4) is 0 Å². The van der Waals surface area contributed by atoms with Crippen molar-refractivity contribution < 1.29 is 4.79 Å². The molecular weight excluding hydrogens is 260 g/mol. The van der Waals surface area contributed by atoms with Gasteiger partial charge in [0.05, 0.1) is 6.54 Å². The number of piperidine rings is 1. The minimum absolute atomic E-state index is 0.346. The van der Waals surface area contributed by atoms with Crippen LogP contribution in [-0.4, -0.2) is 51.6 Å². The van der Waals surface area contributed by atoms with Gasteiger partial charge in [-0.05, 0) is 32.7 Å². The van der Waals surface area contributed by atoms with Crippen molar-refractivity contribution in [2.75, 3.05) is 19.6 Å². The lowest BCUT2D eigenvalue weighted by atomic mass is 10.0. The van der Waals surface area contributed by atoms with E-state index in [-0.39, 0.29) is 0 Å². The van der Waals surface area contributed by atoms with Crippen LogP contribution in [0.3, 0.4) is 0 Å². The lowest BCUT2D eigenvalue weighted by Gasteiger charge is -2.37. The first-order valence-corrected chi connectivity index (χ1v) is 7.85. The van der Waals surface area contributed by atoms with Gasteiger partial charge in [0.1, 0.15) is 10.0 Å². The Morgan fingerprint density at radius 2 is 2.21 bits per heavy atom. The van der Waals surface area contributed by atoms with Crippen LogP contribution in [0.2, 0.25) is 0 Å². The number of aromatic nitrogens is 2. The van der Waals surface area contributed by atoms with Crippen LogP contribution < -0.4 is 0 Å². The molecule has 3 heterocycles. The Balaban J connectivity index is 1.60. The van der Waals surface area contributed by atoms with Gasteiger partial charge in [0.25, 0.3) is 0 Å². The van der Waals surface area contributed by atoms with Crippen molar-refractivity contribution in [3.05, 3.63) is 10.0 Å². The van der Waals surface area contributed by atoms with Crippen molar-refractivity contribution in [3.63, 3.8) is 0 Å². The fraction of sp³-hybridized carbons (Fsp3) is 0.769. The topological polar surface area (TPSA) is 49.3 Å². The Labute approximate surface area is 117 Å². The summed E-state index contributed by atoms with van der Waals surface area (Å²) in [7, 11) is 0. The number of hydrogen-bond donors (Lipinski definition) is 0. The molecule has 0 radical (unpaired) electrons. The van der Waals surface area contributed by atoms with E-state index in [2.05, 4.69) is 20.0 Å². The number of rotatable bonds is 3. The van der Waals surface area contributed by atoms with E-state index < -0.39 is 0 Å². The third kappa shape index (κ3) is 2.95. The number of carbonyl (C=O) groups is 1. The smallest absolute Gasteiger partial charge is 0.222 e. The van der Waals surface area contributed by atoms with Gasteiger partial charge in [-0.15, -0.1) is 21.5 Å². The number of amides is 1. The molecule has 0 bridgehead atoms. The van der Waals surface area contributed by atoms with Gasteiger partial charge in [-0.2, -0.15) is 0 Å². The Morgan fingerprint density at radius 3 is 2.89 bits per heavy atom. The number of carbonyl (C=O) groups excluding carboxylic acids is 1. The Hall–Kier alpha value is -1.01. The first-order valence-electron chi connectivity index (χ1n) is 7.03. The van der Waals surface area contributed by atoms with Gasteiger partial charge >= 0.3 is 0 Å².